The van der Waals surface area contributed by atoms with E-state index in [1.54, 1.807) is 0 Å². The zero-order chi connectivity index (χ0) is 10.6. The molecule has 0 aliphatic carbocycles. The van der Waals surface area contributed by atoms with E-state index in [1.807, 2.05) is 22.6 Å². The molecule has 0 fully saturated rings. The largest absolute Gasteiger partial charge is 0.394 e. The van der Waals surface area contributed by atoms with Gasteiger partial charge in [-0.05, 0) is 22.6 Å². The van der Waals surface area contributed by atoms with E-state index in [2.05, 4.69) is 0 Å². The molecule has 86 valence electrons. The minimum atomic E-state index is -0.458. The Hall–Kier alpha value is 0.530. The lowest BCUT2D eigenvalue weighted by Gasteiger charge is -2.06. The van der Waals surface area contributed by atoms with Crippen LogP contribution in [0.2, 0.25) is 0 Å². The Morgan fingerprint density at radius 3 is 1.93 bits per heavy atom. The first kappa shape index (κ1) is 14.5. The van der Waals surface area contributed by atoms with E-state index in [-0.39, 0.29) is 6.61 Å². The summed E-state index contributed by atoms with van der Waals surface area (Å²) in [6.07, 6.45) is 0. The highest BCUT2D eigenvalue weighted by Crippen LogP contribution is 1.94. The monoisotopic (exact) mass is 320 g/mol. The molecule has 0 rings (SSSR count). The van der Waals surface area contributed by atoms with Crippen molar-refractivity contribution in [3.8, 4) is 0 Å². The summed E-state index contributed by atoms with van der Waals surface area (Å²) in [7, 11) is 0. The van der Waals surface area contributed by atoms with Crippen molar-refractivity contribution in [2.24, 2.45) is 0 Å². The molecule has 0 spiro atoms. The summed E-state index contributed by atoms with van der Waals surface area (Å²) in [6, 6.07) is 0. The molecule has 0 aliphatic heterocycles. The molecule has 0 radical (unpaired) electrons. The van der Waals surface area contributed by atoms with Crippen LogP contribution in [0, 0.1) is 0 Å². The van der Waals surface area contributed by atoms with E-state index in [4.69, 9.17) is 24.4 Å². The van der Waals surface area contributed by atoms with E-state index in [0.717, 1.165) is 0 Å². The summed E-state index contributed by atoms with van der Waals surface area (Å²) >= 11 is 1.87. The fourth-order valence-electron chi connectivity index (χ4n) is 0.685. The number of aliphatic hydroxyl groups is 2. The molecule has 0 aromatic heterocycles. The molecule has 1 unspecified atom stereocenters. The SMILES string of the molecule is OCCOCCOCCOCC(O)I. The predicted octanol–water partition coefficient (Wildman–Crippen LogP) is -0.218. The van der Waals surface area contributed by atoms with Crippen molar-refractivity contribution in [3.05, 3.63) is 0 Å². The van der Waals surface area contributed by atoms with Gasteiger partial charge in [-0.25, -0.2) is 0 Å². The Balaban J connectivity index is 2.85. The first-order valence-electron chi connectivity index (χ1n) is 4.43. The molecular formula is C8H17IO5. The standard InChI is InChI=1S/C8H17IO5/c9-8(11)7-14-6-5-13-4-3-12-2-1-10/h8,10-11H,1-7H2. The summed E-state index contributed by atoms with van der Waals surface area (Å²) in [6.45, 7) is 2.65. The highest BCUT2D eigenvalue weighted by molar-refractivity contribution is 14.1. The van der Waals surface area contributed by atoms with Gasteiger partial charge >= 0.3 is 0 Å². The molecule has 0 amide bonds. The molecule has 0 heterocycles. The second kappa shape index (κ2) is 11.6. The van der Waals surface area contributed by atoms with Gasteiger partial charge in [0, 0.05) is 0 Å². The molecule has 0 saturated carbocycles. The number of ether oxygens (including phenoxy) is 3. The van der Waals surface area contributed by atoms with Crippen molar-refractivity contribution in [1.82, 2.24) is 0 Å². The number of hydrogen-bond donors (Lipinski definition) is 2. The third-order valence-electron chi connectivity index (χ3n) is 1.24. The van der Waals surface area contributed by atoms with E-state index in [9.17, 15) is 0 Å². The number of rotatable bonds is 10. The van der Waals surface area contributed by atoms with Crippen LogP contribution < -0.4 is 0 Å². The number of aliphatic hydroxyl groups excluding tert-OH is 2. The molecule has 1 atom stereocenters. The van der Waals surface area contributed by atoms with Crippen LogP contribution >= 0.6 is 22.6 Å². The lowest BCUT2D eigenvalue weighted by molar-refractivity contribution is 0.000670. The zero-order valence-corrected chi connectivity index (χ0v) is 10.2. The summed E-state index contributed by atoms with van der Waals surface area (Å²) < 4.78 is 14.7. The second-order valence-electron chi connectivity index (χ2n) is 2.46. The molecule has 0 saturated heterocycles. The van der Waals surface area contributed by atoms with Gasteiger partial charge < -0.3 is 24.4 Å². The quantitative estimate of drug-likeness (QED) is 0.331. The van der Waals surface area contributed by atoms with Crippen LogP contribution in [0.15, 0.2) is 0 Å². The van der Waals surface area contributed by atoms with Gasteiger partial charge in [0.2, 0.25) is 0 Å². The maximum atomic E-state index is 8.83. The Labute approximate surface area is 97.5 Å². The van der Waals surface area contributed by atoms with Gasteiger partial charge in [-0.15, -0.1) is 0 Å². The third kappa shape index (κ3) is 12.5. The molecule has 0 aromatic carbocycles. The lowest BCUT2D eigenvalue weighted by Crippen LogP contribution is -2.13. The third-order valence-corrected chi connectivity index (χ3v) is 1.59. The van der Waals surface area contributed by atoms with Crippen LogP contribution in [0.5, 0.6) is 0 Å². The van der Waals surface area contributed by atoms with Crippen LogP contribution in [0.4, 0.5) is 0 Å². The van der Waals surface area contributed by atoms with Crippen LogP contribution in [-0.2, 0) is 14.2 Å². The summed E-state index contributed by atoms with van der Waals surface area (Å²) in [4.78, 5) is 0. The maximum Gasteiger partial charge on any atom is 0.128 e. The van der Waals surface area contributed by atoms with E-state index in [1.165, 1.54) is 0 Å². The van der Waals surface area contributed by atoms with Gasteiger partial charge in [0.05, 0.1) is 46.2 Å². The average Bonchev–Trinajstić information content (AvgIpc) is 2.15. The summed E-state index contributed by atoms with van der Waals surface area (Å²) in [5.74, 6) is 0. The van der Waals surface area contributed by atoms with Crippen LogP contribution in [0.25, 0.3) is 0 Å². The fourth-order valence-corrected chi connectivity index (χ4v) is 0.939. The van der Waals surface area contributed by atoms with E-state index >= 15 is 0 Å². The van der Waals surface area contributed by atoms with Crippen LogP contribution in [-0.4, -0.2) is 60.6 Å². The van der Waals surface area contributed by atoms with Gasteiger partial charge in [0.15, 0.2) is 0 Å². The minimum Gasteiger partial charge on any atom is -0.394 e. The molecular weight excluding hydrogens is 303 g/mol. The second-order valence-corrected chi connectivity index (χ2v) is 3.90. The zero-order valence-electron chi connectivity index (χ0n) is 8.02. The minimum absolute atomic E-state index is 0.0384. The van der Waals surface area contributed by atoms with Gasteiger partial charge in [0.25, 0.3) is 0 Å². The van der Waals surface area contributed by atoms with Gasteiger partial charge in [-0.3, -0.25) is 0 Å². The number of halogens is 1. The Morgan fingerprint density at radius 1 is 0.929 bits per heavy atom. The van der Waals surface area contributed by atoms with Gasteiger partial charge in [-0.2, -0.15) is 0 Å². The molecule has 5 nitrogen and oxygen atoms in total. The first-order valence-corrected chi connectivity index (χ1v) is 5.68. The van der Waals surface area contributed by atoms with Crippen molar-refractivity contribution in [2.45, 2.75) is 4.11 Å². The predicted molar refractivity (Wildman–Crippen MR) is 59.6 cm³/mol. The number of alkyl halides is 1. The van der Waals surface area contributed by atoms with Gasteiger partial charge in [-0.1, -0.05) is 0 Å². The van der Waals surface area contributed by atoms with E-state index < -0.39 is 4.11 Å². The van der Waals surface area contributed by atoms with Gasteiger partial charge in [0.1, 0.15) is 4.11 Å². The highest BCUT2D eigenvalue weighted by atomic mass is 127. The summed E-state index contributed by atoms with van der Waals surface area (Å²) in [5.41, 5.74) is 0. The molecule has 0 aliphatic rings. The Kier molecular flexibility index (Phi) is 12.0. The molecule has 14 heavy (non-hydrogen) atoms. The molecule has 0 bridgehead atoms. The van der Waals surface area contributed by atoms with Crippen LogP contribution in [0.1, 0.15) is 0 Å². The number of hydrogen-bond acceptors (Lipinski definition) is 5. The topological polar surface area (TPSA) is 68.2 Å². The van der Waals surface area contributed by atoms with Crippen molar-refractivity contribution in [2.75, 3.05) is 46.2 Å². The molecule has 2 N–H and O–H groups in total. The normalized spacial score (nSPS) is 13.1. The fraction of sp³-hybridized carbons (Fsp3) is 1.00. The van der Waals surface area contributed by atoms with Crippen molar-refractivity contribution in [1.29, 1.82) is 0 Å². The molecule has 0 aromatic rings. The van der Waals surface area contributed by atoms with Crippen LogP contribution in [0.3, 0.4) is 0 Å². The van der Waals surface area contributed by atoms with E-state index in [0.29, 0.717) is 39.6 Å². The van der Waals surface area contributed by atoms with Crippen molar-refractivity contribution >= 4 is 22.6 Å². The molecule has 6 heteroatoms. The average molecular weight is 320 g/mol. The first-order chi connectivity index (χ1) is 6.77. The highest BCUT2D eigenvalue weighted by Gasteiger charge is 1.96. The van der Waals surface area contributed by atoms with Crippen molar-refractivity contribution < 1.29 is 24.4 Å². The van der Waals surface area contributed by atoms with Crippen molar-refractivity contribution in [3.63, 3.8) is 0 Å². The summed E-state index contributed by atoms with van der Waals surface area (Å²) in [5, 5.41) is 17.2. The Morgan fingerprint density at radius 2 is 1.43 bits per heavy atom. The smallest absolute Gasteiger partial charge is 0.128 e. The lowest BCUT2D eigenvalue weighted by atomic mass is 10.7. The maximum absolute atomic E-state index is 8.83. The Bertz CT molecular complexity index is 112.